The van der Waals surface area contributed by atoms with Crippen LogP contribution in [0.5, 0.6) is 5.75 Å². The molecule has 0 N–H and O–H groups in total. The first-order valence-corrected chi connectivity index (χ1v) is 11.6. The largest absolute Gasteiger partial charge is 0.494 e. The van der Waals surface area contributed by atoms with Crippen molar-refractivity contribution in [2.75, 3.05) is 39.2 Å². The molecule has 8 heteroatoms. The normalized spacial score (nSPS) is 16.2. The summed E-state index contributed by atoms with van der Waals surface area (Å²) in [6.45, 7) is 1.93. The van der Waals surface area contributed by atoms with Gasteiger partial charge in [0, 0.05) is 35.6 Å². The highest BCUT2D eigenvalue weighted by molar-refractivity contribution is 7.22. The molecule has 1 saturated heterocycles. The molecule has 33 heavy (non-hydrogen) atoms. The molecule has 5 rings (SSSR count). The number of anilines is 1. The predicted molar refractivity (Wildman–Crippen MR) is 131 cm³/mol. The highest BCUT2D eigenvalue weighted by Crippen LogP contribution is 2.34. The zero-order chi connectivity index (χ0) is 23.1. The summed E-state index contributed by atoms with van der Waals surface area (Å²) in [4.78, 5) is 23.2. The quantitative estimate of drug-likeness (QED) is 0.438. The second kappa shape index (κ2) is 8.61. The maximum Gasteiger partial charge on any atom is 0.273 e. The van der Waals surface area contributed by atoms with Crippen LogP contribution in [0.2, 0.25) is 0 Å². The van der Waals surface area contributed by atoms with E-state index in [1.165, 1.54) is 24.5 Å². The maximum atomic E-state index is 14.2. The van der Waals surface area contributed by atoms with Crippen LogP contribution >= 0.6 is 11.3 Å². The number of aromatic nitrogens is 2. The predicted octanol–water partition coefficient (Wildman–Crippen LogP) is 4.40. The summed E-state index contributed by atoms with van der Waals surface area (Å²) in [7, 11) is 5.65. The van der Waals surface area contributed by atoms with Crippen molar-refractivity contribution in [1.29, 1.82) is 0 Å². The average Bonchev–Trinajstić information content (AvgIpc) is 3.48. The summed E-state index contributed by atoms with van der Waals surface area (Å²) < 4.78 is 21.4. The van der Waals surface area contributed by atoms with E-state index in [0.717, 1.165) is 41.3 Å². The van der Waals surface area contributed by atoms with Gasteiger partial charge in [0.25, 0.3) is 5.56 Å². The Kier molecular flexibility index (Phi) is 5.64. The molecule has 1 aromatic carbocycles. The molecule has 0 radical (unpaired) electrons. The van der Waals surface area contributed by atoms with Crippen LogP contribution in [0.25, 0.3) is 26.2 Å². The Morgan fingerprint density at radius 2 is 2.03 bits per heavy atom. The van der Waals surface area contributed by atoms with Crippen molar-refractivity contribution in [2.45, 2.75) is 12.5 Å². The van der Waals surface area contributed by atoms with E-state index in [-0.39, 0.29) is 11.3 Å². The van der Waals surface area contributed by atoms with Gasteiger partial charge in [0.2, 0.25) is 0 Å². The van der Waals surface area contributed by atoms with Gasteiger partial charge in [0.05, 0.1) is 19.0 Å². The molecule has 4 aromatic rings. The van der Waals surface area contributed by atoms with Crippen LogP contribution in [0.1, 0.15) is 6.42 Å². The lowest BCUT2D eigenvalue weighted by atomic mass is 10.1. The lowest BCUT2D eigenvalue weighted by Crippen LogP contribution is -2.31. The van der Waals surface area contributed by atoms with Gasteiger partial charge in [-0.1, -0.05) is 0 Å². The zero-order valence-corrected chi connectivity index (χ0v) is 19.6. The monoisotopic (exact) mass is 464 g/mol. The fourth-order valence-corrected chi connectivity index (χ4v) is 5.35. The van der Waals surface area contributed by atoms with E-state index in [1.807, 2.05) is 24.3 Å². The zero-order valence-electron chi connectivity index (χ0n) is 18.8. The minimum absolute atomic E-state index is 0.110. The van der Waals surface area contributed by atoms with Crippen molar-refractivity contribution >= 4 is 27.2 Å². The Balaban J connectivity index is 1.44. The molecule has 0 amide bonds. The van der Waals surface area contributed by atoms with E-state index in [0.29, 0.717) is 16.3 Å². The number of halogens is 1. The number of rotatable bonds is 5. The van der Waals surface area contributed by atoms with Crippen molar-refractivity contribution in [3.63, 3.8) is 0 Å². The van der Waals surface area contributed by atoms with Gasteiger partial charge in [0.1, 0.15) is 10.5 Å². The number of fused-ring (bicyclic) bond motifs is 1. The molecular formula is C25H25FN4O2S. The highest BCUT2D eigenvalue weighted by atomic mass is 32.1. The molecule has 0 spiro atoms. The van der Waals surface area contributed by atoms with Crippen LogP contribution in [-0.4, -0.2) is 54.8 Å². The third-order valence-electron chi connectivity index (χ3n) is 6.24. The van der Waals surface area contributed by atoms with E-state index < -0.39 is 5.82 Å². The molecule has 170 valence electrons. The molecule has 1 atom stereocenters. The van der Waals surface area contributed by atoms with E-state index in [9.17, 15) is 9.18 Å². The van der Waals surface area contributed by atoms with Crippen LogP contribution in [0.3, 0.4) is 0 Å². The van der Waals surface area contributed by atoms with Crippen molar-refractivity contribution in [3.05, 3.63) is 71.0 Å². The Labute approximate surface area is 195 Å². The summed E-state index contributed by atoms with van der Waals surface area (Å²) in [5.41, 5.74) is 1.33. The van der Waals surface area contributed by atoms with Gasteiger partial charge >= 0.3 is 0 Å². The summed E-state index contributed by atoms with van der Waals surface area (Å²) in [6.07, 6.45) is 4.63. The lowest BCUT2D eigenvalue weighted by Gasteiger charge is -2.21. The maximum absolute atomic E-state index is 14.2. The third-order valence-corrected chi connectivity index (χ3v) is 7.43. The standard InChI is InChI=1S/C25H25FN4O2S/c1-28(2)19-9-10-29(15-19)23-7-5-18(14-27-23)30-11-8-17-13-22(33-24(17)25(30)31)16-4-6-21(32-3)20(26)12-16/h4-8,11-14,19H,9-10,15H2,1-3H3. The fourth-order valence-electron chi connectivity index (χ4n) is 4.27. The van der Waals surface area contributed by atoms with Crippen molar-refractivity contribution in [2.24, 2.45) is 0 Å². The Bertz CT molecular complexity index is 1360. The molecule has 1 aliphatic heterocycles. The van der Waals surface area contributed by atoms with Crippen LogP contribution in [0.15, 0.2) is 59.7 Å². The van der Waals surface area contributed by atoms with Crippen LogP contribution in [0, 0.1) is 5.82 Å². The summed E-state index contributed by atoms with van der Waals surface area (Å²) in [5.74, 6) is 0.701. The smallest absolute Gasteiger partial charge is 0.273 e. The first-order chi connectivity index (χ1) is 15.9. The second-order valence-electron chi connectivity index (χ2n) is 8.46. The summed E-state index contributed by atoms with van der Waals surface area (Å²) in [6, 6.07) is 13.1. The number of ether oxygens (including phenoxy) is 1. The number of thiophene rings is 1. The minimum atomic E-state index is -0.425. The van der Waals surface area contributed by atoms with Gasteiger partial charge < -0.3 is 14.5 Å². The van der Waals surface area contributed by atoms with Crippen LogP contribution in [0.4, 0.5) is 10.2 Å². The first-order valence-electron chi connectivity index (χ1n) is 10.8. The van der Waals surface area contributed by atoms with E-state index in [2.05, 4.69) is 28.9 Å². The Morgan fingerprint density at radius 1 is 1.18 bits per heavy atom. The van der Waals surface area contributed by atoms with Gasteiger partial charge in [-0.25, -0.2) is 9.37 Å². The van der Waals surface area contributed by atoms with E-state index >= 15 is 0 Å². The molecule has 3 aromatic heterocycles. The molecule has 4 heterocycles. The van der Waals surface area contributed by atoms with Crippen molar-refractivity contribution < 1.29 is 9.13 Å². The van der Waals surface area contributed by atoms with Crippen LogP contribution in [-0.2, 0) is 0 Å². The van der Waals surface area contributed by atoms with Gasteiger partial charge in [-0.05, 0) is 68.5 Å². The Morgan fingerprint density at radius 3 is 2.70 bits per heavy atom. The van der Waals surface area contributed by atoms with Gasteiger partial charge in [-0.2, -0.15) is 0 Å². The molecule has 6 nitrogen and oxygen atoms in total. The molecule has 0 bridgehead atoms. The molecule has 0 aliphatic carbocycles. The molecular weight excluding hydrogens is 439 g/mol. The summed E-state index contributed by atoms with van der Waals surface area (Å²) in [5, 5.41) is 0.837. The third kappa shape index (κ3) is 4.00. The first kappa shape index (κ1) is 21.6. The number of nitrogens with zero attached hydrogens (tertiary/aromatic N) is 4. The molecule has 1 unspecified atom stereocenters. The lowest BCUT2D eigenvalue weighted by molar-refractivity contribution is 0.315. The number of pyridine rings is 2. The fraction of sp³-hybridized carbons (Fsp3) is 0.280. The number of methoxy groups -OCH3 is 1. The second-order valence-corrected chi connectivity index (χ2v) is 9.51. The van der Waals surface area contributed by atoms with Crippen LogP contribution < -0.4 is 15.2 Å². The minimum Gasteiger partial charge on any atom is -0.494 e. The van der Waals surface area contributed by atoms with Gasteiger partial charge in [-0.3, -0.25) is 9.36 Å². The topological polar surface area (TPSA) is 50.6 Å². The van der Waals surface area contributed by atoms with E-state index in [1.54, 1.807) is 29.1 Å². The number of likely N-dealkylation sites (N-methyl/N-ethyl adjacent to an activating group) is 1. The van der Waals surface area contributed by atoms with Crippen molar-refractivity contribution in [1.82, 2.24) is 14.5 Å². The molecule has 0 saturated carbocycles. The van der Waals surface area contributed by atoms with Crippen molar-refractivity contribution in [3.8, 4) is 21.9 Å². The Hall–Kier alpha value is -3.23. The molecule has 1 aliphatic rings. The van der Waals surface area contributed by atoms with Gasteiger partial charge in [0.15, 0.2) is 11.6 Å². The number of benzene rings is 1. The molecule has 1 fully saturated rings. The summed E-state index contributed by atoms with van der Waals surface area (Å²) >= 11 is 1.36. The SMILES string of the molecule is COc1ccc(-c2cc3ccn(-c4ccc(N5CCC(N(C)C)C5)nc4)c(=O)c3s2)cc1F. The number of hydrogen-bond donors (Lipinski definition) is 0. The number of hydrogen-bond acceptors (Lipinski definition) is 6. The highest BCUT2D eigenvalue weighted by Gasteiger charge is 2.24. The average molecular weight is 465 g/mol. The van der Waals surface area contributed by atoms with E-state index in [4.69, 9.17) is 4.74 Å². The van der Waals surface area contributed by atoms with Gasteiger partial charge in [-0.15, -0.1) is 11.3 Å².